The van der Waals surface area contributed by atoms with E-state index >= 15 is 0 Å². The zero-order valence-corrected chi connectivity index (χ0v) is 7.76. The summed E-state index contributed by atoms with van der Waals surface area (Å²) in [5.41, 5.74) is 0.813. The lowest BCUT2D eigenvalue weighted by Crippen LogP contribution is -2.05. The third kappa shape index (κ3) is 2.54. The SMILES string of the molecule is [2H]C([2H])([2H])C([2H])([2H])OS(=O)(=O)c1ccc(C)cc1. The smallest absolute Gasteiger partial charge is 0.267 e. The summed E-state index contributed by atoms with van der Waals surface area (Å²) in [6.45, 7) is -4.71. The molecule has 0 N–H and O–H groups in total. The standard InChI is InChI=1S/C9H12O3S/c1-3-12-13(10,11)9-6-4-8(2)5-7-9/h4-7H,3H2,1-2H3/i1D3,3D2. The van der Waals surface area contributed by atoms with E-state index in [0.29, 0.717) is 0 Å². The van der Waals surface area contributed by atoms with Gasteiger partial charge in [-0.05, 0) is 25.9 Å². The summed E-state index contributed by atoms with van der Waals surface area (Å²) in [5, 5.41) is 0. The summed E-state index contributed by atoms with van der Waals surface area (Å²) in [7, 11) is -4.45. The van der Waals surface area contributed by atoms with Gasteiger partial charge in [0.15, 0.2) is 0 Å². The van der Waals surface area contributed by atoms with E-state index < -0.39 is 23.5 Å². The molecule has 0 fully saturated rings. The molecule has 72 valence electrons. The lowest BCUT2D eigenvalue weighted by atomic mass is 10.2. The van der Waals surface area contributed by atoms with Gasteiger partial charge < -0.3 is 0 Å². The second kappa shape index (κ2) is 3.89. The Morgan fingerprint density at radius 1 is 1.46 bits per heavy atom. The molecule has 13 heavy (non-hydrogen) atoms. The first-order valence-electron chi connectivity index (χ1n) is 5.98. The minimum Gasteiger partial charge on any atom is -0.267 e. The molecule has 1 aromatic rings. The van der Waals surface area contributed by atoms with Crippen LogP contribution in [0.3, 0.4) is 0 Å². The van der Waals surface area contributed by atoms with Gasteiger partial charge in [-0.25, -0.2) is 0 Å². The zero-order chi connectivity index (χ0) is 14.2. The molecule has 0 unspecified atom stereocenters. The first kappa shape index (κ1) is 5.12. The van der Waals surface area contributed by atoms with E-state index in [-0.39, 0.29) is 4.90 Å². The Kier molecular flexibility index (Phi) is 1.53. The van der Waals surface area contributed by atoms with Crippen LogP contribution in [0.5, 0.6) is 0 Å². The summed E-state index contributed by atoms with van der Waals surface area (Å²) in [5.74, 6) is 0. The number of hydrogen-bond donors (Lipinski definition) is 0. The molecule has 1 rings (SSSR count). The number of benzene rings is 1. The van der Waals surface area contributed by atoms with Crippen LogP contribution in [-0.2, 0) is 14.3 Å². The van der Waals surface area contributed by atoms with Gasteiger partial charge in [0.1, 0.15) is 0 Å². The number of hydrogen-bond acceptors (Lipinski definition) is 3. The van der Waals surface area contributed by atoms with E-state index in [4.69, 9.17) is 6.85 Å². The minimum atomic E-state index is -4.45. The van der Waals surface area contributed by atoms with Crippen LogP contribution < -0.4 is 0 Å². The highest BCUT2D eigenvalue weighted by molar-refractivity contribution is 7.86. The summed E-state index contributed by atoms with van der Waals surface area (Å²) < 4.78 is 62.4. The predicted molar refractivity (Wildman–Crippen MR) is 50.0 cm³/mol. The summed E-state index contributed by atoms with van der Waals surface area (Å²) in [4.78, 5) is -0.291. The fourth-order valence-electron chi connectivity index (χ4n) is 0.808. The van der Waals surface area contributed by atoms with E-state index in [9.17, 15) is 8.42 Å². The van der Waals surface area contributed by atoms with Crippen LogP contribution in [0.4, 0.5) is 0 Å². The molecule has 0 radical (unpaired) electrons. The first-order valence-corrected chi connectivity index (χ1v) is 4.89. The second-order valence-electron chi connectivity index (χ2n) is 2.45. The van der Waals surface area contributed by atoms with Crippen LogP contribution in [0, 0.1) is 6.92 Å². The Morgan fingerprint density at radius 2 is 2.08 bits per heavy atom. The topological polar surface area (TPSA) is 43.4 Å². The zero-order valence-electron chi connectivity index (χ0n) is 11.9. The van der Waals surface area contributed by atoms with Crippen molar-refractivity contribution in [2.75, 3.05) is 6.56 Å². The maximum atomic E-state index is 11.7. The van der Waals surface area contributed by atoms with Gasteiger partial charge in [-0.1, -0.05) is 17.7 Å². The van der Waals surface area contributed by atoms with Crippen molar-refractivity contribution in [1.29, 1.82) is 0 Å². The Balaban J connectivity index is 3.07. The minimum absolute atomic E-state index is 0.291. The highest BCUT2D eigenvalue weighted by Gasteiger charge is 2.12. The van der Waals surface area contributed by atoms with Gasteiger partial charge in [0.25, 0.3) is 10.1 Å². The maximum Gasteiger partial charge on any atom is 0.296 e. The Labute approximate surface area is 85.5 Å². The quantitative estimate of drug-likeness (QED) is 0.706. The second-order valence-corrected chi connectivity index (χ2v) is 4.00. The van der Waals surface area contributed by atoms with Crippen molar-refractivity contribution < 1.29 is 19.5 Å². The monoisotopic (exact) mass is 205 g/mol. The molecule has 0 heterocycles. The summed E-state index contributed by atoms with van der Waals surface area (Å²) in [6, 6.07) is 5.45. The average Bonchev–Trinajstić information content (AvgIpc) is 2.14. The fraction of sp³-hybridized carbons (Fsp3) is 0.333. The molecule has 0 spiro atoms. The number of rotatable bonds is 3. The van der Waals surface area contributed by atoms with Crippen molar-refractivity contribution in [2.24, 2.45) is 0 Å². The van der Waals surface area contributed by atoms with Crippen molar-refractivity contribution in [3.8, 4) is 0 Å². The molecule has 0 bridgehead atoms. The Hall–Kier alpha value is -0.870. The van der Waals surface area contributed by atoms with Gasteiger partial charge in [0, 0.05) is 4.11 Å². The van der Waals surface area contributed by atoms with Crippen LogP contribution in [0.25, 0.3) is 0 Å². The molecule has 1 aromatic carbocycles. The van der Waals surface area contributed by atoms with Crippen LogP contribution >= 0.6 is 0 Å². The van der Waals surface area contributed by atoms with Gasteiger partial charge in [0.2, 0.25) is 0 Å². The lowest BCUT2D eigenvalue weighted by molar-refractivity contribution is 0.338. The molecular formula is C9H12O3S. The van der Waals surface area contributed by atoms with Crippen LogP contribution in [0.1, 0.15) is 19.3 Å². The lowest BCUT2D eigenvalue weighted by Gasteiger charge is -2.02. The van der Waals surface area contributed by atoms with Crippen molar-refractivity contribution in [1.82, 2.24) is 0 Å². The van der Waals surface area contributed by atoms with Crippen molar-refractivity contribution in [3.05, 3.63) is 29.8 Å². The van der Waals surface area contributed by atoms with Crippen molar-refractivity contribution >= 4 is 10.1 Å². The molecule has 0 aliphatic carbocycles. The molecule has 0 saturated heterocycles. The van der Waals surface area contributed by atoms with Gasteiger partial charge in [-0.2, -0.15) is 8.42 Å². The van der Waals surface area contributed by atoms with Crippen molar-refractivity contribution in [2.45, 2.75) is 18.7 Å². The fourth-order valence-corrected chi connectivity index (χ4v) is 1.48. The third-order valence-corrected chi connectivity index (χ3v) is 2.61. The highest BCUT2D eigenvalue weighted by atomic mass is 32.2. The summed E-state index contributed by atoms with van der Waals surface area (Å²) in [6.07, 6.45) is 0. The molecular weight excluding hydrogens is 188 g/mol. The van der Waals surface area contributed by atoms with Gasteiger partial charge >= 0.3 is 0 Å². The van der Waals surface area contributed by atoms with Crippen LogP contribution in [-0.4, -0.2) is 15.0 Å². The van der Waals surface area contributed by atoms with Gasteiger partial charge in [-0.15, -0.1) is 0 Å². The molecule has 0 atom stereocenters. The maximum absolute atomic E-state index is 11.7. The van der Waals surface area contributed by atoms with E-state index in [1.165, 1.54) is 24.3 Å². The molecule has 0 aliphatic heterocycles. The van der Waals surface area contributed by atoms with Gasteiger partial charge in [0.05, 0.1) is 14.2 Å². The normalized spacial score (nSPS) is 19.3. The molecule has 0 amide bonds. The van der Waals surface area contributed by atoms with E-state index in [2.05, 4.69) is 4.18 Å². The Bertz CT molecular complexity index is 518. The van der Waals surface area contributed by atoms with Crippen molar-refractivity contribution in [3.63, 3.8) is 0 Å². The number of aryl methyl sites for hydroxylation is 1. The van der Waals surface area contributed by atoms with E-state index in [0.717, 1.165) is 5.56 Å². The average molecular weight is 205 g/mol. The largest absolute Gasteiger partial charge is 0.296 e. The molecule has 0 aliphatic rings. The van der Waals surface area contributed by atoms with Crippen LogP contribution in [0.2, 0.25) is 0 Å². The Morgan fingerprint density at radius 3 is 2.62 bits per heavy atom. The molecule has 0 aromatic heterocycles. The predicted octanol–water partition coefficient (Wildman–Crippen LogP) is 1.72. The molecule has 4 heteroatoms. The van der Waals surface area contributed by atoms with E-state index in [1.807, 2.05) is 0 Å². The van der Waals surface area contributed by atoms with E-state index in [1.54, 1.807) is 6.92 Å². The molecule has 3 nitrogen and oxygen atoms in total. The first-order chi connectivity index (χ1) is 7.96. The highest BCUT2D eigenvalue weighted by Crippen LogP contribution is 2.12. The van der Waals surface area contributed by atoms with Crippen LogP contribution in [0.15, 0.2) is 29.2 Å². The van der Waals surface area contributed by atoms with Gasteiger partial charge in [-0.3, -0.25) is 4.18 Å². The summed E-state index contributed by atoms with van der Waals surface area (Å²) >= 11 is 0. The molecule has 0 saturated carbocycles. The third-order valence-electron chi connectivity index (χ3n) is 1.46.